The fourth-order valence-corrected chi connectivity index (χ4v) is 4.90. The first-order chi connectivity index (χ1) is 11.7. The summed E-state index contributed by atoms with van der Waals surface area (Å²) in [4.78, 5) is 0. The van der Waals surface area contributed by atoms with Crippen LogP contribution in [0.5, 0.6) is 0 Å². The third-order valence-electron chi connectivity index (χ3n) is 6.33. The molecule has 2 fully saturated rings. The molecule has 0 saturated heterocycles. The minimum Gasteiger partial charge on any atom is -0.236 e. The van der Waals surface area contributed by atoms with Crippen LogP contribution in [0.3, 0.4) is 0 Å². The van der Waals surface area contributed by atoms with Crippen molar-refractivity contribution in [1.29, 1.82) is 0 Å². The molecule has 0 atom stereocenters. The molecule has 2 saturated carbocycles. The Morgan fingerprint density at radius 2 is 1.44 bits per heavy atom. The van der Waals surface area contributed by atoms with E-state index in [9.17, 15) is 8.78 Å². The predicted octanol–water partition coefficient (Wildman–Crippen LogP) is 6.81. The molecule has 25 heavy (non-hydrogen) atoms. The van der Waals surface area contributed by atoms with Gasteiger partial charge in [-0.05, 0) is 88.4 Å². The largest absolute Gasteiger partial charge is 3.00 e. The molecule has 1 aromatic carbocycles. The van der Waals surface area contributed by atoms with Crippen molar-refractivity contribution in [2.75, 3.05) is 0 Å². The van der Waals surface area contributed by atoms with Crippen molar-refractivity contribution in [1.82, 2.24) is 0 Å². The fraction of sp³-hybridized carbons (Fsp3) is 0.636. The molecule has 0 nitrogen and oxygen atoms in total. The zero-order chi connectivity index (χ0) is 16.9. The second kappa shape index (κ2) is 10.3. The molecule has 132 valence electrons. The van der Waals surface area contributed by atoms with Crippen molar-refractivity contribution in [3.63, 3.8) is 0 Å². The van der Waals surface area contributed by atoms with Crippen molar-refractivity contribution in [2.24, 2.45) is 17.8 Å². The predicted molar refractivity (Wildman–Crippen MR) is 94.8 cm³/mol. The van der Waals surface area contributed by atoms with E-state index in [1.54, 1.807) is 0 Å². The normalized spacial score (nSPS) is 30.2. The van der Waals surface area contributed by atoms with Crippen LogP contribution in [0.4, 0.5) is 8.78 Å². The second-order valence-electron chi connectivity index (χ2n) is 7.81. The molecule has 0 N–H and O–H groups in total. The summed E-state index contributed by atoms with van der Waals surface area (Å²) in [6.45, 7) is 2.10. The molecular weight excluding hydrogens is 391 g/mol. The van der Waals surface area contributed by atoms with Gasteiger partial charge in [0.2, 0.25) is 0 Å². The molecule has 2 aliphatic rings. The number of allylic oxidation sites excluding steroid dienone is 2. The zero-order valence-electron chi connectivity index (χ0n) is 15.3. The maximum atomic E-state index is 13.4. The minimum atomic E-state index is -0.563. The number of rotatable bonds is 4. The molecule has 0 radical (unpaired) electrons. The van der Waals surface area contributed by atoms with E-state index >= 15 is 0 Å². The monoisotopic (exact) mass is 420 g/mol. The average molecular weight is 420 g/mol. The van der Waals surface area contributed by atoms with Crippen LogP contribution in [0.15, 0.2) is 24.3 Å². The zero-order valence-corrected chi connectivity index (χ0v) is 18.2. The van der Waals surface area contributed by atoms with Gasteiger partial charge in [-0.1, -0.05) is 12.2 Å². The Morgan fingerprint density at radius 3 is 1.96 bits per heavy atom. The van der Waals surface area contributed by atoms with Crippen molar-refractivity contribution < 1.29 is 41.5 Å². The van der Waals surface area contributed by atoms with Crippen molar-refractivity contribution in [2.45, 2.75) is 70.6 Å². The molecule has 3 rings (SSSR count). The third-order valence-corrected chi connectivity index (χ3v) is 6.33. The molecule has 0 spiro atoms. The minimum absolute atomic E-state index is 0. The van der Waals surface area contributed by atoms with Gasteiger partial charge in [0.15, 0.2) is 0 Å². The first-order valence-corrected chi connectivity index (χ1v) is 9.65. The Morgan fingerprint density at radius 1 is 0.920 bits per heavy atom. The van der Waals surface area contributed by atoms with E-state index in [0.29, 0.717) is 5.92 Å². The first kappa shape index (κ1) is 21.2. The molecule has 0 bridgehead atoms. The van der Waals surface area contributed by atoms with E-state index in [2.05, 4.69) is 25.1 Å². The molecular formula is C22H29F2Y+2. The van der Waals surface area contributed by atoms with Crippen molar-refractivity contribution in [3.8, 4) is 0 Å². The van der Waals surface area contributed by atoms with Crippen molar-refractivity contribution in [3.05, 3.63) is 47.5 Å². The number of halogens is 2. The molecule has 3 heteroatoms. The summed E-state index contributed by atoms with van der Waals surface area (Å²) >= 11 is 0. The summed E-state index contributed by atoms with van der Waals surface area (Å²) in [5.74, 6) is 1.80. The van der Waals surface area contributed by atoms with Gasteiger partial charge in [0, 0.05) is 11.6 Å². The van der Waals surface area contributed by atoms with Gasteiger partial charge in [-0.15, -0.1) is 23.8 Å². The van der Waals surface area contributed by atoms with E-state index in [1.165, 1.54) is 57.1 Å². The maximum absolute atomic E-state index is 13.4. The summed E-state index contributed by atoms with van der Waals surface area (Å²) in [6, 6.07) is 5.04. The number of hydrogen-bond acceptors (Lipinski definition) is 0. The number of benzene rings is 1. The number of hydrogen-bond donors (Lipinski definition) is 0. The Balaban J connectivity index is 0.00000225. The third kappa shape index (κ3) is 5.96. The van der Waals surface area contributed by atoms with E-state index in [-0.39, 0.29) is 32.7 Å². The first-order valence-electron chi connectivity index (χ1n) is 9.65. The van der Waals surface area contributed by atoms with E-state index in [1.807, 2.05) is 0 Å². The summed E-state index contributed by atoms with van der Waals surface area (Å²) in [5.41, 5.74) is 0.831. The molecule has 0 aromatic heterocycles. The summed E-state index contributed by atoms with van der Waals surface area (Å²) < 4.78 is 26.8. The Bertz CT molecular complexity index is 533. The van der Waals surface area contributed by atoms with E-state index in [4.69, 9.17) is 0 Å². The Kier molecular flexibility index (Phi) is 8.75. The van der Waals surface area contributed by atoms with Crippen LogP contribution in [-0.4, -0.2) is 0 Å². The smallest absolute Gasteiger partial charge is 0.236 e. The molecule has 1 aromatic rings. The SMILES string of the molecule is C/C=C/CC1CCC(C2CCC(c3cc(F)[c-]c(F)c3)CC2)CC1.[Y+3]. The van der Waals surface area contributed by atoms with Gasteiger partial charge >= 0.3 is 32.7 Å². The average Bonchev–Trinajstić information content (AvgIpc) is 2.60. The summed E-state index contributed by atoms with van der Waals surface area (Å²) in [5, 5.41) is 0. The van der Waals surface area contributed by atoms with Crippen LogP contribution in [0.25, 0.3) is 0 Å². The van der Waals surface area contributed by atoms with E-state index < -0.39 is 11.6 Å². The molecule has 0 heterocycles. The molecule has 0 amide bonds. The maximum Gasteiger partial charge on any atom is 3.00 e. The second-order valence-corrected chi connectivity index (χ2v) is 7.81. The van der Waals surface area contributed by atoms with Crippen LogP contribution >= 0.6 is 0 Å². The van der Waals surface area contributed by atoms with Gasteiger partial charge in [-0.3, -0.25) is 0 Å². The summed E-state index contributed by atoms with van der Waals surface area (Å²) in [6.07, 6.45) is 15.8. The van der Waals surface area contributed by atoms with Gasteiger partial charge in [-0.2, -0.15) is 0 Å². The fourth-order valence-electron chi connectivity index (χ4n) is 4.90. The van der Waals surface area contributed by atoms with Gasteiger partial charge in [-0.25, -0.2) is 8.78 Å². The van der Waals surface area contributed by atoms with Crippen molar-refractivity contribution >= 4 is 0 Å². The van der Waals surface area contributed by atoms with Gasteiger partial charge in [0.05, 0.1) is 0 Å². The molecule has 2 aliphatic carbocycles. The molecule has 0 aliphatic heterocycles. The Labute approximate surface area is 176 Å². The standard InChI is InChI=1S/C22H29F2.Y/c1-2-3-4-16-5-7-17(8-6-16)18-9-11-19(12-10-18)20-13-21(23)15-22(24)14-20;/h2-3,13-14,16-19H,4-12H2,1H3;/q-1;+3/b3-2+;. The summed E-state index contributed by atoms with van der Waals surface area (Å²) in [7, 11) is 0. The van der Waals surface area contributed by atoms with Gasteiger partial charge in [0.25, 0.3) is 0 Å². The van der Waals surface area contributed by atoms with E-state index in [0.717, 1.165) is 36.2 Å². The van der Waals surface area contributed by atoms with Gasteiger partial charge < -0.3 is 0 Å². The Hall–Kier alpha value is -0.0761. The quantitative estimate of drug-likeness (QED) is 0.371. The van der Waals surface area contributed by atoms with Crippen LogP contribution in [-0.2, 0) is 32.7 Å². The van der Waals surface area contributed by atoms with Gasteiger partial charge in [0.1, 0.15) is 0 Å². The van der Waals surface area contributed by atoms with Crippen LogP contribution in [0.1, 0.15) is 76.2 Å². The van der Waals surface area contributed by atoms with Crippen LogP contribution in [0.2, 0.25) is 0 Å². The molecule has 0 unspecified atom stereocenters. The topological polar surface area (TPSA) is 0 Å². The van der Waals surface area contributed by atoms with Crippen LogP contribution < -0.4 is 0 Å². The van der Waals surface area contributed by atoms with Crippen LogP contribution in [0, 0.1) is 35.5 Å².